The molecular formula is C18H24BrNS. The van der Waals surface area contributed by atoms with E-state index in [0.717, 1.165) is 23.9 Å². The maximum absolute atomic E-state index is 3.64. The van der Waals surface area contributed by atoms with Crippen LogP contribution in [0.25, 0.3) is 10.4 Å². The summed E-state index contributed by atoms with van der Waals surface area (Å²) in [6.45, 7) is 7.78. The Bertz CT molecular complexity index is 576. The molecule has 0 amide bonds. The van der Waals surface area contributed by atoms with Crippen molar-refractivity contribution in [1.82, 2.24) is 5.32 Å². The summed E-state index contributed by atoms with van der Waals surface area (Å²) in [7, 11) is 0. The van der Waals surface area contributed by atoms with Crippen molar-refractivity contribution in [3.8, 4) is 10.4 Å². The van der Waals surface area contributed by atoms with Gasteiger partial charge in [0.1, 0.15) is 0 Å². The number of hydrogen-bond donors (Lipinski definition) is 1. The molecule has 3 heteroatoms. The molecule has 114 valence electrons. The van der Waals surface area contributed by atoms with Gasteiger partial charge in [-0.25, -0.2) is 0 Å². The van der Waals surface area contributed by atoms with Crippen LogP contribution in [0.15, 0.2) is 34.8 Å². The molecule has 0 bridgehead atoms. The van der Waals surface area contributed by atoms with Crippen molar-refractivity contribution in [2.45, 2.75) is 46.1 Å². The van der Waals surface area contributed by atoms with Crippen molar-refractivity contribution in [1.29, 1.82) is 0 Å². The lowest BCUT2D eigenvalue weighted by Gasteiger charge is -2.14. The van der Waals surface area contributed by atoms with E-state index in [1.54, 1.807) is 0 Å². The van der Waals surface area contributed by atoms with E-state index in [1.165, 1.54) is 27.3 Å². The second-order valence-electron chi connectivity index (χ2n) is 5.27. The lowest BCUT2D eigenvalue weighted by Crippen LogP contribution is -2.20. The zero-order valence-electron chi connectivity index (χ0n) is 13.1. The highest BCUT2D eigenvalue weighted by Crippen LogP contribution is 2.35. The number of halogens is 1. The van der Waals surface area contributed by atoms with E-state index < -0.39 is 0 Å². The lowest BCUT2D eigenvalue weighted by atomic mass is 10.0. The van der Waals surface area contributed by atoms with E-state index in [1.807, 2.05) is 11.3 Å². The van der Waals surface area contributed by atoms with Crippen LogP contribution < -0.4 is 5.32 Å². The fraction of sp³-hybridized carbons (Fsp3) is 0.444. The molecule has 1 aromatic carbocycles. The smallest absolute Gasteiger partial charge is 0.0412 e. The topological polar surface area (TPSA) is 12.0 Å². The van der Waals surface area contributed by atoms with Crippen molar-refractivity contribution in [2.24, 2.45) is 0 Å². The van der Waals surface area contributed by atoms with Crippen molar-refractivity contribution < 1.29 is 0 Å². The van der Waals surface area contributed by atoms with E-state index in [4.69, 9.17) is 0 Å². The van der Waals surface area contributed by atoms with Gasteiger partial charge in [-0.2, -0.15) is 0 Å². The van der Waals surface area contributed by atoms with Crippen LogP contribution in [0, 0.1) is 0 Å². The van der Waals surface area contributed by atoms with Crippen LogP contribution in [-0.2, 0) is 6.42 Å². The number of benzene rings is 1. The van der Waals surface area contributed by atoms with Crippen molar-refractivity contribution in [2.75, 3.05) is 6.54 Å². The number of aryl methyl sites for hydroxylation is 1. The SMILES string of the molecule is CCCNC(CC)c1ccc(-c2ccc(Br)cc2CC)s1. The molecule has 21 heavy (non-hydrogen) atoms. The first-order chi connectivity index (χ1) is 10.2. The molecule has 1 N–H and O–H groups in total. The Morgan fingerprint density at radius 1 is 1.14 bits per heavy atom. The summed E-state index contributed by atoms with van der Waals surface area (Å²) >= 11 is 5.50. The highest BCUT2D eigenvalue weighted by molar-refractivity contribution is 9.10. The molecule has 2 rings (SSSR count). The number of rotatable bonds is 7. The minimum absolute atomic E-state index is 0.490. The van der Waals surface area contributed by atoms with E-state index >= 15 is 0 Å². The van der Waals surface area contributed by atoms with Gasteiger partial charge < -0.3 is 5.32 Å². The van der Waals surface area contributed by atoms with Crippen LogP contribution in [0.5, 0.6) is 0 Å². The summed E-state index contributed by atoms with van der Waals surface area (Å²) in [5.41, 5.74) is 2.79. The largest absolute Gasteiger partial charge is 0.309 e. The van der Waals surface area contributed by atoms with Crippen LogP contribution in [0.4, 0.5) is 0 Å². The Labute approximate surface area is 140 Å². The molecule has 0 radical (unpaired) electrons. The van der Waals surface area contributed by atoms with Gasteiger partial charge in [-0.15, -0.1) is 11.3 Å². The molecule has 1 nitrogen and oxygen atoms in total. The van der Waals surface area contributed by atoms with Gasteiger partial charge in [0.05, 0.1) is 0 Å². The molecule has 0 fully saturated rings. The maximum Gasteiger partial charge on any atom is 0.0412 e. The first-order valence-electron chi connectivity index (χ1n) is 7.81. The second-order valence-corrected chi connectivity index (χ2v) is 7.30. The van der Waals surface area contributed by atoms with Gasteiger partial charge in [0.2, 0.25) is 0 Å². The summed E-state index contributed by atoms with van der Waals surface area (Å²) < 4.78 is 1.16. The van der Waals surface area contributed by atoms with Crippen LogP contribution in [0.2, 0.25) is 0 Å². The normalized spacial score (nSPS) is 12.6. The Morgan fingerprint density at radius 3 is 2.62 bits per heavy atom. The number of nitrogens with one attached hydrogen (secondary N) is 1. The molecule has 0 saturated heterocycles. The zero-order chi connectivity index (χ0) is 15.2. The van der Waals surface area contributed by atoms with E-state index in [0.29, 0.717) is 6.04 Å². The molecule has 0 saturated carbocycles. The molecule has 0 aliphatic rings. The van der Waals surface area contributed by atoms with Gasteiger partial charge in [-0.3, -0.25) is 0 Å². The van der Waals surface area contributed by atoms with Crippen molar-refractivity contribution in [3.05, 3.63) is 45.2 Å². The maximum atomic E-state index is 3.64. The highest BCUT2D eigenvalue weighted by atomic mass is 79.9. The molecule has 1 aromatic heterocycles. The summed E-state index contributed by atoms with van der Waals surface area (Å²) in [5, 5.41) is 3.64. The van der Waals surface area contributed by atoms with E-state index in [-0.39, 0.29) is 0 Å². The Balaban J connectivity index is 2.27. The molecule has 1 unspecified atom stereocenters. The average molecular weight is 366 g/mol. The third-order valence-corrected chi connectivity index (χ3v) is 5.46. The van der Waals surface area contributed by atoms with Gasteiger partial charge in [0.15, 0.2) is 0 Å². The predicted molar refractivity (Wildman–Crippen MR) is 98.2 cm³/mol. The first kappa shape index (κ1) is 16.7. The van der Waals surface area contributed by atoms with Crippen LogP contribution in [0.1, 0.15) is 50.1 Å². The first-order valence-corrected chi connectivity index (χ1v) is 9.42. The highest BCUT2D eigenvalue weighted by Gasteiger charge is 2.13. The fourth-order valence-electron chi connectivity index (χ4n) is 2.54. The lowest BCUT2D eigenvalue weighted by molar-refractivity contribution is 0.525. The summed E-state index contributed by atoms with van der Waals surface area (Å²) in [4.78, 5) is 2.83. The second kappa shape index (κ2) is 8.11. The molecule has 0 aliphatic heterocycles. The molecule has 0 spiro atoms. The number of hydrogen-bond acceptors (Lipinski definition) is 2. The zero-order valence-corrected chi connectivity index (χ0v) is 15.5. The standard InChI is InChI=1S/C18H24BrNS/c1-4-11-20-16(6-3)18-10-9-17(21-18)15-8-7-14(19)12-13(15)5-2/h7-10,12,16,20H,4-6,11H2,1-3H3. The quantitative estimate of drug-likeness (QED) is 0.616. The molecular weight excluding hydrogens is 342 g/mol. The van der Waals surface area contributed by atoms with Gasteiger partial charge in [0.25, 0.3) is 0 Å². The minimum Gasteiger partial charge on any atom is -0.309 e. The monoisotopic (exact) mass is 365 g/mol. The fourth-order valence-corrected chi connectivity index (χ4v) is 4.18. The van der Waals surface area contributed by atoms with E-state index in [9.17, 15) is 0 Å². The Kier molecular flexibility index (Phi) is 6.46. The molecule has 2 aromatic rings. The molecule has 1 heterocycles. The number of thiophene rings is 1. The Morgan fingerprint density at radius 2 is 1.95 bits per heavy atom. The van der Waals surface area contributed by atoms with Crippen molar-refractivity contribution >= 4 is 27.3 Å². The third kappa shape index (κ3) is 4.18. The Hall–Kier alpha value is -0.640. The molecule has 1 atom stereocenters. The van der Waals surface area contributed by atoms with Crippen molar-refractivity contribution in [3.63, 3.8) is 0 Å². The van der Waals surface area contributed by atoms with Gasteiger partial charge >= 0.3 is 0 Å². The van der Waals surface area contributed by atoms with Crippen LogP contribution >= 0.6 is 27.3 Å². The summed E-state index contributed by atoms with van der Waals surface area (Å²) in [5.74, 6) is 0. The third-order valence-electron chi connectivity index (χ3n) is 3.73. The van der Waals surface area contributed by atoms with Crippen LogP contribution in [-0.4, -0.2) is 6.54 Å². The van der Waals surface area contributed by atoms with Gasteiger partial charge in [-0.1, -0.05) is 42.8 Å². The summed E-state index contributed by atoms with van der Waals surface area (Å²) in [6.07, 6.45) is 3.38. The van der Waals surface area contributed by atoms with E-state index in [2.05, 4.69) is 72.3 Å². The summed E-state index contributed by atoms with van der Waals surface area (Å²) in [6, 6.07) is 11.7. The predicted octanol–water partition coefficient (Wildman–Crippen LogP) is 6.19. The molecule has 0 aliphatic carbocycles. The average Bonchev–Trinajstić information content (AvgIpc) is 2.97. The van der Waals surface area contributed by atoms with Crippen LogP contribution in [0.3, 0.4) is 0 Å². The van der Waals surface area contributed by atoms with Gasteiger partial charge in [-0.05, 0) is 61.2 Å². The minimum atomic E-state index is 0.490. The van der Waals surface area contributed by atoms with Gasteiger partial charge in [0, 0.05) is 20.3 Å².